The van der Waals surface area contributed by atoms with Crippen molar-refractivity contribution in [2.24, 2.45) is 0 Å². The van der Waals surface area contributed by atoms with Gasteiger partial charge in [-0.2, -0.15) is 0 Å². The molecular formula is C16H15N3O5. The second-order valence-corrected chi connectivity index (χ2v) is 5.37. The molecule has 24 heavy (non-hydrogen) atoms. The molecule has 3 rings (SSSR count). The van der Waals surface area contributed by atoms with Crippen molar-refractivity contribution in [1.29, 1.82) is 0 Å². The summed E-state index contributed by atoms with van der Waals surface area (Å²) in [6, 6.07) is 7.78. The standard InChI is InChI=1S/C16H15N3O5/c1-9(14(21)19-7-6-17-16(19)23)24-15(22)12-8-10-4-2-3-5-11(10)13(20)18-12/h2-5,8-9H,6-7H2,1H3,(H,17,23)(H,18,20)/t9-/m1/s1. The monoisotopic (exact) mass is 329 g/mol. The Morgan fingerprint density at radius 3 is 2.71 bits per heavy atom. The molecule has 8 heteroatoms. The second-order valence-electron chi connectivity index (χ2n) is 5.37. The Labute approximate surface area is 136 Å². The molecule has 0 aliphatic carbocycles. The lowest BCUT2D eigenvalue weighted by Gasteiger charge is -2.18. The summed E-state index contributed by atoms with van der Waals surface area (Å²) in [5.74, 6) is -1.44. The van der Waals surface area contributed by atoms with Crippen molar-refractivity contribution in [2.75, 3.05) is 13.1 Å². The van der Waals surface area contributed by atoms with Crippen LogP contribution in [0.15, 0.2) is 35.1 Å². The lowest BCUT2D eigenvalue weighted by Crippen LogP contribution is -2.42. The van der Waals surface area contributed by atoms with Gasteiger partial charge in [0.15, 0.2) is 6.10 Å². The Balaban J connectivity index is 1.78. The molecule has 2 aromatic rings. The number of imide groups is 1. The van der Waals surface area contributed by atoms with E-state index in [4.69, 9.17) is 4.74 Å². The molecule has 8 nitrogen and oxygen atoms in total. The molecule has 1 aliphatic rings. The number of aromatic amines is 1. The Morgan fingerprint density at radius 2 is 2.00 bits per heavy atom. The number of pyridine rings is 1. The predicted molar refractivity (Wildman–Crippen MR) is 84.6 cm³/mol. The molecule has 0 bridgehead atoms. The average Bonchev–Trinajstić information content (AvgIpc) is 3.00. The van der Waals surface area contributed by atoms with Gasteiger partial charge < -0.3 is 15.0 Å². The number of fused-ring (bicyclic) bond motifs is 1. The van der Waals surface area contributed by atoms with E-state index in [1.54, 1.807) is 24.3 Å². The fourth-order valence-corrected chi connectivity index (χ4v) is 2.50. The number of carbonyl (C=O) groups is 3. The fourth-order valence-electron chi connectivity index (χ4n) is 2.50. The summed E-state index contributed by atoms with van der Waals surface area (Å²) >= 11 is 0. The molecule has 1 fully saturated rings. The van der Waals surface area contributed by atoms with E-state index in [2.05, 4.69) is 10.3 Å². The molecule has 0 unspecified atom stereocenters. The Kier molecular flexibility index (Phi) is 4.03. The SMILES string of the molecule is C[C@@H](OC(=O)c1cc2ccccc2c(=O)[nH]1)C(=O)N1CCNC1=O. The molecule has 1 aromatic carbocycles. The second kappa shape index (κ2) is 6.15. The van der Waals surface area contributed by atoms with Crippen LogP contribution in [0.4, 0.5) is 4.79 Å². The van der Waals surface area contributed by atoms with Gasteiger partial charge in [0.05, 0.1) is 0 Å². The van der Waals surface area contributed by atoms with Gasteiger partial charge in [0.2, 0.25) is 0 Å². The number of ether oxygens (including phenoxy) is 1. The lowest BCUT2D eigenvalue weighted by molar-refractivity contribution is -0.136. The summed E-state index contributed by atoms with van der Waals surface area (Å²) in [6.07, 6.45) is -1.14. The maximum Gasteiger partial charge on any atom is 0.355 e. The smallest absolute Gasteiger partial charge is 0.355 e. The quantitative estimate of drug-likeness (QED) is 0.803. The number of benzene rings is 1. The first-order valence-electron chi connectivity index (χ1n) is 7.39. The van der Waals surface area contributed by atoms with Gasteiger partial charge >= 0.3 is 12.0 Å². The Morgan fingerprint density at radius 1 is 1.25 bits per heavy atom. The number of hydrogen-bond donors (Lipinski definition) is 2. The third-order valence-corrected chi connectivity index (χ3v) is 3.73. The molecule has 0 spiro atoms. The predicted octanol–water partition coefficient (Wildman–Crippen LogP) is 0.625. The summed E-state index contributed by atoms with van der Waals surface area (Å²) in [7, 11) is 0. The van der Waals surface area contributed by atoms with Gasteiger partial charge in [-0.05, 0) is 24.4 Å². The van der Waals surface area contributed by atoms with E-state index >= 15 is 0 Å². The van der Waals surface area contributed by atoms with E-state index in [-0.39, 0.29) is 12.2 Å². The van der Waals surface area contributed by atoms with Gasteiger partial charge in [-0.25, -0.2) is 9.59 Å². The van der Waals surface area contributed by atoms with E-state index < -0.39 is 29.6 Å². The molecule has 0 saturated carbocycles. The van der Waals surface area contributed by atoms with Crippen LogP contribution in [0.25, 0.3) is 10.8 Å². The first-order chi connectivity index (χ1) is 11.5. The number of rotatable bonds is 3. The lowest BCUT2D eigenvalue weighted by atomic mass is 10.1. The summed E-state index contributed by atoms with van der Waals surface area (Å²) in [4.78, 5) is 51.2. The highest BCUT2D eigenvalue weighted by Gasteiger charge is 2.31. The molecule has 1 aromatic heterocycles. The summed E-state index contributed by atoms with van der Waals surface area (Å²) in [5.41, 5.74) is -0.470. The van der Waals surface area contributed by atoms with Gasteiger partial charge in [-0.3, -0.25) is 14.5 Å². The molecule has 1 atom stereocenters. The highest BCUT2D eigenvalue weighted by atomic mass is 16.5. The number of H-pyrrole nitrogens is 1. The number of nitrogens with one attached hydrogen (secondary N) is 2. The molecule has 0 radical (unpaired) electrons. The number of aromatic nitrogens is 1. The molecule has 3 amide bonds. The van der Waals surface area contributed by atoms with Crippen LogP contribution in [-0.4, -0.2) is 47.0 Å². The van der Waals surface area contributed by atoms with Gasteiger partial charge in [0, 0.05) is 18.5 Å². The Bertz CT molecular complexity index is 889. The van der Waals surface area contributed by atoms with E-state index in [1.165, 1.54) is 13.0 Å². The van der Waals surface area contributed by atoms with Crippen LogP contribution in [0, 0.1) is 0 Å². The van der Waals surface area contributed by atoms with Crippen molar-refractivity contribution in [2.45, 2.75) is 13.0 Å². The van der Waals surface area contributed by atoms with Crippen LogP contribution in [0.3, 0.4) is 0 Å². The van der Waals surface area contributed by atoms with Crippen LogP contribution in [0.1, 0.15) is 17.4 Å². The zero-order chi connectivity index (χ0) is 17.3. The molecule has 2 heterocycles. The van der Waals surface area contributed by atoms with Crippen LogP contribution in [0.5, 0.6) is 0 Å². The minimum atomic E-state index is -1.14. The van der Waals surface area contributed by atoms with Gasteiger partial charge in [-0.15, -0.1) is 0 Å². The van der Waals surface area contributed by atoms with Crippen LogP contribution in [0.2, 0.25) is 0 Å². The maximum absolute atomic E-state index is 12.2. The minimum Gasteiger partial charge on any atom is -0.448 e. The van der Waals surface area contributed by atoms with Crippen molar-refractivity contribution in [3.8, 4) is 0 Å². The first-order valence-corrected chi connectivity index (χ1v) is 7.39. The van der Waals surface area contributed by atoms with Gasteiger partial charge in [0.1, 0.15) is 5.69 Å². The van der Waals surface area contributed by atoms with Crippen molar-refractivity contribution in [3.05, 3.63) is 46.4 Å². The number of carbonyl (C=O) groups excluding carboxylic acids is 3. The van der Waals surface area contributed by atoms with Crippen molar-refractivity contribution < 1.29 is 19.1 Å². The van der Waals surface area contributed by atoms with Crippen molar-refractivity contribution >= 4 is 28.7 Å². The number of amides is 3. The zero-order valence-electron chi connectivity index (χ0n) is 12.9. The van der Waals surface area contributed by atoms with Crippen LogP contribution < -0.4 is 10.9 Å². The molecular weight excluding hydrogens is 314 g/mol. The normalized spacial score (nSPS) is 15.2. The fraction of sp³-hybridized carbons (Fsp3) is 0.250. The molecule has 2 N–H and O–H groups in total. The summed E-state index contributed by atoms with van der Waals surface area (Å²) in [6.45, 7) is 1.97. The van der Waals surface area contributed by atoms with E-state index in [0.29, 0.717) is 17.3 Å². The summed E-state index contributed by atoms with van der Waals surface area (Å²) < 4.78 is 5.08. The maximum atomic E-state index is 12.2. The average molecular weight is 329 g/mol. The van der Waals surface area contributed by atoms with E-state index in [9.17, 15) is 19.2 Å². The first kappa shape index (κ1) is 15.7. The highest BCUT2D eigenvalue weighted by Crippen LogP contribution is 2.12. The number of nitrogens with zero attached hydrogens (tertiary/aromatic N) is 1. The molecule has 1 saturated heterocycles. The van der Waals surface area contributed by atoms with E-state index in [1.807, 2.05) is 0 Å². The van der Waals surface area contributed by atoms with Crippen LogP contribution >= 0.6 is 0 Å². The topological polar surface area (TPSA) is 109 Å². The highest BCUT2D eigenvalue weighted by molar-refractivity contribution is 5.99. The summed E-state index contributed by atoms with van der Waals surface area (Å²) in [5, 5.41) is 3.54. The number of esters is 1. The van der Waals surface area contributed by atoms with Crippen molar-refractivity contribution in [1.82, 2.24) is 15.2 Å². The van der Waals surface area contributed by atoms with E-state index in [0.717, 1.165) is 4.90 Å². The minimum absolute atomic E-state index is 0.0516. The Hall–Kier alpha value is -3.16. The van der Waals surface area contributed by atoms with Gasteiger partial charge in [-0.1, -0.05) is 18.2 Å². The zero-order valence-corrected chi connectivity index (χ0v) is 12.9. The van der Waals surface area contributed by atoms with Gasteiger partial charge in [0.25, 0.3) is 11.5 Å². The third kappa shape index (κ3) is 2.85. The largest absolute Gasteiger partial charge is 0.448 e. The molecule has 1 aliphatic heterocycles. The van der Waals surface area contributed by atoms with Crippen LogP contribution in [-0.2, 0) is 9.53 Å². The molecule has 124 valence electrons. The number of urea groups is 1. The third-order valence-electron chi connectivity index (χ3n) is 3.73. The van der Waals surface area contributed by atoms with Crippen molar-refractivity contribution in [3.63, 3.8) is 0 Å². The number of hydrogen-bond acceptors (Lipinski definition) is 5.